The van der Waals surface area contributed by atoms with Crippen LogP contribution < -0.4 is 14.2 Å². The molecule has 1 N–H and O–H groups in total. The van der Waals surface area contributed by atoms with Crippen LogP contribution >= 0.6 is 0 Å². The Hall–Kier alpha value is -2.05. The highest BCUT2D eigenvalue weighted by molar-refractivity contribution is 7.89. The van der Waals surface area contributed by atoms with Crippen molar-refractivity contribution in [3.63, 3.8) is 0 Å². The molecule has 6 heteroatoms. The van der Waals surface area contributed by atoms with E-state index in [2.05, 4.69) is 4.72 Å². The van der Waals surface area contributed by atoms with Crippen molar-refractivity contribution in [3.05, 3.63) is 53.6 Å². The molecule has 1 aliphatic heterocycles. The van der Waals surface area contributed by atoms with E-state index < -0.39 is 10.0 Å². The van der Waals surface area contributed by atoms with Crippen LogP contribution in [0.15, 0.2) is 47.4 Å². The van der Waals surface area contributed by atoms with Gasteiger partial charge >= 0.3 is 0 Å². The first-order valence-electron chi connectivity index (χ1n) is 7.44. The largest absolute Gasteiger partial charge is 0.486 e. The molecule has 0 saturated heterocycles. The number of nitrogens with one attached hydrogen (secondary N) is 1. The highest BCUT2D eigenvalue weighted by Gasteiger charge is 2.21. The lowest BCUT2D eigenvalue weighted by atomic mass is 10.1. The summed E-state index contributed by atoms with van der Waals surface area (Å²) in [5, 5.41) is 0. The fourth-order valence-electron chi connectivity index (χ4n) is 2.41. The number of sulfonamides is 1. The van der Waals surface area contributed by atoms with Gasteiger partial charge < -0.3 is 9.47 Å². The predicted molar refractivity (Wildman–Crippen MR) is 87.3 cm³/mol. The normalized spacial score (nSPS) is 15.2. The molecule has 1 heterocycles. The maximum atomic E-state index is 12.6. The van der Waals surface area contributed by atoms with Crippen molar-refractivity contribution in [2.75, 3.05) is 13.2 Å². The average Bonchev–Trinajstić information content (AvgIpc) is 2.54. The Morgan fingerprint density at radius 1 is 1.00 bits per heavy atom. The molecule has 1 atom stereocenters. The summed E-state index contributed by atoms with van der Waals surface area (Å²) in [6, 6.07) is 12.1. The van der Waals surface area contributed by atoms with Crippen molar-refractivity contribution >= 4 is 10.0 Å². The molecule has 0 amide bonds. The summed E-state index contributed by atoms with van der Waals surface area (Å²) in [5.41, 5.74) is 2.05. The molecule has 2 aromatic rings. The fraction of sp³-hybridized carbons (Fsp3) is 0.294. The smallest absolute Gasteiger partial charge is 0.241 e. The zero-order valence-corrected chi connectivity index (χ0v) is 13.9. The monoisotopic (exact) mass is 333 g/mol. The van der Waals surface area contributed by atoms with E-state index >= 15 is 0 Å². The van der Waals surface area contributed by atoms with Crippen LogP contribution in [0.4, 0.5) is 0 Å². The van der Waals surface area contributed by atoms with Crippen molar-refractivity contribution in [2.24, 2.45) is 0 Å². The van der Waals surface area contributed by atoms with E-state index in [1.54, 1.807) is 6.07 Å². The molecule has 122 valence electrons. The molecule has 3 rings (SSSR count). The van der Waals surface area contributed by atoms with Gasteiger partial charge in [-0.05, 0) is 31.5 Å². The Kier molecular flexibility index (Phi) is 4.28. The summed E-state index contributed by atoms with van der Waals surface area (Å²) < 4.78 is 38.7. The molecule has 1 aliphatic rings. The number of hydrogen-bond acceptors (Lipinski definition) is 4. The fourth-order valence-corrected chi connectivity index (χ4v) is 3.66. The lowest BCUT2D eigenvalue weighted by molar-refractivity contribution is 0.171. The summed E-state index contributed by atoms with van der Waals surface area (Å²) in [4.78, 5) is 0.167. The highest BCUT2D eigenvalue weighted by atomic mass is 32.2. The van der Waals surface area contributed by atoms with Crippen LogP contribution in [0.2, 0.25) is 0 Å². The molecule has 23 heavy (non-hydrogen) atoms. The van der Waals surface area contributed by atoms with Crippen LogP contribution in [0.25, 0.3) is 0 Å². The Morgan fingerprint density at radius 2 is 1.65 bits per heavy atom. The number of aryl methyl sites for hydroxylation is 1. The molecule has 5 nitrogen and oxygen atoms in total. The molecule has 0 bridgehead atoms. The first-order chi connectivity index (χ1) is 11.0. The Bertz CT molecular complexity index is 800. The van der Waals surface area contributed by atoms with Crippen LogP contribution in [0.3, 0.4) is 0 Å². The Balaban J connectivity index is 1.82. The van der Waals surface area contributed by atoms with Gasteiger partial charge in [0.1, 0.15) is 13.2 Å². The van der Waals surface area contributed by atoms with Crippen molar-refractivity contribution in [1.29, 1.82) is 0 Å². The Labute approximate surface area is 136 Å². The number of fused-ring (bicyclic) bond motifs is 1. The molecule has 0 spiro atoms. The zero-order valence-electron chi connectivity index (χ0n) is 13.1. The van der Waals surface area contributed by atoms with E-state index in [0.717, 1.165) is 11.1 Å². The zero-order chi connectivity index (χ0) is 16.4. The van der Waals surface area contributed by atoms with Gasteiger partial charge in [-0.1, -0.05) is 29.8 Å². The van der Waals surface area contributed by atoms with Gasteiger partial charge in [-0.2, -0.15) is 0 Å². The minimum Gasteiger partial charge on any atom is -0.486 e. The minimum atomic E-state index is -3.64. The number of rotatable bonds is 4. The lowest BCUT2D eigenvalue weighted by Crippen LogP contribution is -2.27. The molecular weight excluding hydrogens is 314 g/mol. The summed E-state index contributed by atoms with van der Waals surface area (Å²) in [7, 11) is -3.64. The second kappa shape index (κ2) is 6.22. The maximum absolute atomic E-state index is 12.6. The summed E-state index contributed by atoms with van der Waals surface area (Å²) >= 11 is 0. The quantitative estimate of drug-likeness (QED) is 0.934. The van der Waals surface area contributed by atoms with Gasteiger partial charge in [-0.15, -0.1) is 0 Å². The Morgan fingerprint density at radius 3 is 2.35 bits per heavy atom. The van der Waals surface area contributed by atoms with E-state index in [0.29, 0.717) is 24.7 Å². The van der Waals surface area contributed by atoms with Gasteiger partial charge in [0.25, 0.3) is 0 Å². The maximum Gasteiger partial charge on any atom is 0.241 e. The SMILES string of the molecule is Cc1ccc([C@H](C)NS(=O)(=O)c2ccc3c(c2)OCCO3)cc1. The van der Waals surface area contributed by atoms with Gasteiger partial charge in [0.15, 0.2) is 11.5 Å². The van der Waals surface area contributed by atoms with Crippen LogP contribution in [-0.2, 0) is 10.0 Å². The third-order valence-electron chi connectivity index (χ3n) is 3.73. The van der Waals surface area contributed by atoms with Gasteiger partial charge in [0, 0.05) is 12.1 Å². The predicted octanol–water partition coefficient (Wildman–Crippen LogP) is 2.81. The molecule has 0 fully saturated rings. The lowest BCUT2D eigenvalue weighted by Gasteiger charge is -2.20. The topological polar surface area (TPSA) is 64.6 Å². The number of ether oxygens (including phenoxy) is 2. The first-order valence-corrected chi connectivity index (χ1v) is 8.92. The third-order valence-corrected chi connectivity index (χ3v) is 5.27. The van der Waals surface area contributed by atoms with Crippen molar-refractivity contribution in [1.82, 2.24) is 4.72 Å². The first kappa shape index (κ1) is 15.8. The van der Waals surface area contributed by atoms with E-state index in [9.17, 15) is 8.42 Å². The van der Waals surface area contributed by atoms with Crippen molar-refractivity contribution in [3.8, 4) is 11.5 Å². The molecule has 0 radical (unpaired) electrons. The number of hydrogen-bond donors (Lipinski definition) is 1. The average molecular weight is 333 g/mol. The van der Waals surface area contributed by atoms with Crippen LogP contribution in [0, 0.1) is 6.92 Å². The summed E-state index contributed by atoms with van der Waals surface area (Å²) in [6.07, 6.45) is 0. The highest BCUT2D eigenvalue weighted by Crippen LogP contribution is 2.32. The second-order valence-electron chi connectivity index (χ2n) is 5.56. The van der Waals surface area contributed by atoms with Crippen LogP contribution in [0.5, 0.6) is 11.5 Å². The van der Waals surface area contributed by atoms with Crippen LogP contribution in [0.1, 0.15) is 24.1 Å². The third kappa shape index (κ3) is 3.48. The molecule has 2 aromatic carbocycles. The molecular formula is C17H19NO4S. The minimum absolute atomic E-state index is 0.167. The van der Waals surface area contributed by atoms with Gasteiger partial charge in [-0.25, -0.2) is 13.1 Å². The summed E-state index contributed by atoms with van der Waals surface area (Å²) in [6.45, 7) is 4.71. The van der Waals surface area contributed by atoms with Crippen LogP contribution in [-0.4, -0.2) is 21.6 Å². The van der Waals surface area contributed by atoms with Crippen molar-refractivity contribution in [2.45, 2.75) is 24.8 Å². The van der Waals surface area contributed by atoms with Gasteiger partial charge in [-0.3, -0.25) is 0 Å². The van der Waals surface area contributed by atoms with E-state index in [4.69, 9.17) is 9.47 Å². The van der Waals surface area contributed by atoms with E-state index in [-0.39, 0.29) is 10.9 Å². The van der Waals surface area contributed by atoms with E-state index in [1.807, 2.05) is 38.1 Å². The van der Waals surface area contributed by atoms with Gasteiger partial charge in [0.05, 0.1) is 4.90 Å². The molecule has 0 saturated carbocycles. The molecule has 0 aromatic heterocycles. The number of benzene rings is 2. The van der Waals surface area contributed by atoms with Crippen molar-refractivity contribution < 1.29 is 17.9 Å². The standard InChI is InChI=1S/C17H19NO4S/c1-12-3-5-14(6-4-12)13(2)18-23(19,20)15-7-8-16-17(11-15)22-10-9-21-16/h3-8,11,13,18H,9-10H2,1-2H3/t13-/m0/s1. The summed E-state index contributed by atoms with van der Waals surface area (Å²) in [5.74, 6) is 1.03. The molecule has 0 aliphatic carbocycles. The molecule has 0 unspecified atom stereocenters. The van der Waals surface area contributed by atoms with E-state index in [1.165, 1.54) is 12.1 Å². The van der Waals surface area contributed by atoms with Gasteiger partial charge in [0.2, 0.25) is 10.0 Å². The second-order valence-corrected chi connectivity index (χ2v) is 7.27.